The Bertz CT molecular complexity index is 1080. The van der Waals surface area contributed by atoms with Crippen molar-refractivity contribution in [2.45, 2.75) is 69.5 Å². The zero-order valence-electron chi connectivity index (χ0n) is 18.8. The van der Waals surface area contributed by atoms with Crippen molar-refractivity contribution in [3.8, 4) is 0 Å². The zero-order chi connectivity index (χ0) is 29.0. The van der Waals surface area contributed by atoms with Crippen LogP contribution in [-0.4, -0.2) is 41.8 Å². The maximum Gasteiger partial charge on any atom is 0.470 e. The molecule has 0 aromatic carbocycles. The van der Waals surface area contributed by atoms with E-state index in [9.17, 15) is 64.8 Å². The molecule has 0 fully saturated rings. The smallest absolute Gasteiger partial charge is 0.251 e. The molecule has 0 aliphatic rings. The number of alkyl halides is 9. The number of rotatable bonds is 8. The van der Waals surface area contributed by atoms with Crippen molar-refractivity contribution in [3.63, 3.8) is 0 Å². The average Bonchev–Trinajstić information content (AvgIpc) is 2.61. The van der Waals surface area contributed by atoms with Gasteiger partial charge in [-0.05, 0) is 26.3 Å². The molecule has 0 aliphatic heterocycles. The van der Waals surface area contributed by atoms with Gasteiger partial charge in [0.15, 0.2) is 41.9 Å². The molecule has 1 heterocycles. The van der Waals surface area contributed by atoms with E-state index in [1.165, 1.54) is 43.4 Å². The van der Waals surface area contributed by atoms with E-state index < -0.39 is 50.0 Å². The monoisotopic (exact) mass is 603 g/mol. The molecule has 0 saturated carbocycles. The largest absolute Gasteiger partial charge is 0.470 e. The molecule has 1 aromatic heterocycles. The summed E-state index contributed by atoms with van der Waals surface area (Å²) >= 11 is 0. The van der Waals surface area contributed by atoms with E-state index in [4.69, 9.17) is 0 Å². The van der Waals surface area contributed by atoms with Crippen LogP contribution in [0.5, 0.6) is 0 Å². The topological polar surface area (TPSA) is 106 Å². The molecular formula is C17H22F9NO6S3. The number of hydrogen-bond acceptors (Lipinski definition) is 6. The molecule has 0 spiro atoms. The van der Waals surface area contributed by atoms with Crippen LogP contribution >= 0.6 is 0 Å². The van der Waals surface area contributed by atoms with E-state index >= 15 is 0 Å². The quantitative estimate of drug-likeness (QED) is 0.189. The molecule has 36 heavy (non-hydrogen) atoms. The van der Waals surface area contributed by atoms with Gasteiger partial charge in [0.1, 0.15) is 6.54 Å². The van der Waals surface area contributed by atoms with E-state index in [1.54, 1.807) is 0 Å². The molecule has 0 atom stereocenters. The molecule has 0 saturated heterocycles. The lowest BCUT2D eigenvalue weighted by atomic mass is 10.2. The molecular weight excluding hydrogens is 581 g/mol. The lowest BCUT2D eigenvalue weighted by Gasteiger charge is -2.31. The number of aromatic nitrogens is 1. The highest BCUT2D eigenvalue weighted by Gasteiger charge is 2.63. The van der Waals surface area contributed by atoms with Crippen LogP contribution in [0.1, 0.15) is 43.7 Å². The van der Waals surface area contributed by atoms with Crippen LogP contribution in [0.4, 0.5) is 39.5 Å². The van der Waals surface area contributed by atoms with Crippen LogP contribution in [0, 0.1) is 17.8 Å². The minimum absolute atomic E-state index is 1.17. The van der Waals surface area contributed by atoms with Crippen molar-refractivity contribution in [1.29, 1.82) is 0 Å². The lowest BCUT2D eigenvalue weighted by molar-refractivity contribution is -0.698. The molecule has 0 aliphatic carbocycles. The van der Waals surface area contributed by atoms with E-state index in [2.05, 4.69) is 43.8 Å². The van der Waals surface area contributed by atoms with Gasteiger partial charge in [0.25, 0.3) is 0 Å². The van der Waals surface area contributed by atoms with Crippen molar-refractivity contribution >= 4 is 29.5 Å². The Hall–Kier alpha value is -1.63. The second kappa shape index (κ2) is 11.8. The van der Waals surface area contributed by atoms with Gasteiger partial charge >= 0.3 is 16.5 Å². The Labute approximate surface area is 202 Å². The normalized spacial score (nSPS) is 13.9. The van der Waals surface area contributed by atoms with E-state index in [0.29, 0.717) is 0 Å². The zero-order valence-corrected chi connectivity index (χ0v) is 21.2. The van der Waals surface area contributed by atoms with Crippen molar-refractivity contribution in [3.05, 3.63) is 33.5 Å². The summed E-state index contributed by atoms with van der Waals surface area (Å²) in [5.74, 6) is 0. The second-order valence-electron chi connectivity index (χ2n) is 7.29. The van der Waals surface area contributed by atoms with Gasteiger partial charge in [0.05, 0.1) is 3.91 Å². The molecule has 19 heteroatoms. The van der Waals surface area contributed by atoms with E-state index in [-0.39, 0.29) is 0 Å². The number of pyridine rings is 1. The predicted octanol–water partition coefficient (Wildman–Crippen LogP) is 4.41. The van der Waals surface area contributed by atoms with E-state index in [1.807, 2.05) is 0 Å². The van der Waals surface area contributed by atoms with Crippen molar-refractivity contribution in [2.24, 2.45) is 0 Å². The van der Waals surface area contributed by atoms with Gasteiger partial charge in [-0.15, -0.1) is 0 Å². The van der Waals surface area contributed by atoms with Gasteiger partial charge in [-0.3, -0.25) is 25.3 Å². The SMILES string of the molecule is CCCCCC[n+]1cc(C)cc(C)c1.O=S(=O)([C-](S(=O)(=O)C(F)(F)F)S(=O)(=O)C(F)(F)F)C(F)(F)F. The summed E-state index contributed by atoms with van der Waals surface area (Å²) in [6, 6.07) is 2.22. The minimum atomic E-state index is -8.02. The van der Waals surface area contributed by atoms with Crippen LogP contribution in [0.3, 0.4) is 0 Å². The maximum atomic E-state index is 12.0. The van der Waals surface area contributed by atoms with Gasteiger partial charge in [0, 0.05) is 17.5 Å². The van der Waals surface area contributed by atoms with E-state index in [0.717, 1.165) is 0 Å². The number of unbranched alkanes of at least 4 members (excludes halogenated alkanes) is 3. The fourth-order valence-electron chi connectivity index (χ4n) is 2.56. The number of aryl methyl sites for hydroxylation is 3. The molecule has 0 unspecified atom stereocenters. The third-order valence-electron chi connectivity index (χ3n) is 4.04. The van der Waals surface area contributed by atoms with Gasteiger partial charge < -0.3 is 0 Å². The first-order valence-corrected chi connectivity index (χ1v) is 14.1. The van der Waals surface area contributed by atoms with Crippen molar-refractivity contribution in [2.75, 3.05) is 0 Å². The Morgan fingerprint density at radius 1 is 0.667 bits per heavy atom. The molecule has 1 rings (SSSR count). The third-order valence-corrected chi connectivity index (χ3v) is 11.1. The Morgan fingerprint density at radius 2 is 1.00 bits per heavy atom. The number of hydrogen-bond donors (Lipinski definition) is 0. The summed E-state index contributed by atoms with van der Waals surface area (Å²) in [4.78, 5) is 0. The number of halogens is 9. The van der Waals surface area contributed by atoms with Gasteiger partial charge in [-0.2, -0.15) is 39.5 Å². The summed E-state index contributed by atoms with van der Waals surface area (Å²) < 4.78 is 170. The summed E-state index contributed by atoms with van der Waals surface area (Å²) in [6.07, 6.45) is 9.82. The first-order valence-electron chi connectivity index (χ1n) is 9.62. The van der Waals surface area contributed by atoms with Crippen LogP contribution in [-0.2, 0) is 36.1 Å². The van der Waals surface area contributed by atoms with Crippen LogP contribution in [0.25, 0.3) is 0 Å². The van der Waals surface area contributed by atoms with Crippen molar-refractivity contribution < 1.29 is 69.3 Å². The standard InChI is InChI=1S/C13H22N.C4F9O6S3/c1-4-5-6-7-8-14-10-12(2)9-13(3)11-14;5-2(6,7)20(14,15)1(21(16,17)3(8,9)10)22(18,19)4(11,12)13/h9-11H,4-8H2,1-3H3;/q+1;-1. The van der Waals surface area contributed by atoms with Gasteiger partial charge in [-0.25, -0.2) is 4.57 Å². The fraction of sp³-hybridized carbons (Fsp3) is 0.647. The molecule has 0 amide bonds. The molecule has 1 aromatic rings. The average molecular weight is 604 g/mol. The first kappa shape index (κ1) is 34.4. The van der Waals surface area contributed by atoms with Crippen LogP contribution < -0.4 is 4.57 Å². The molecule has 0 radical (unpaired) electrons. The second-order valence-corrected chi connectivity index (χ2v) is 13.7. The molecule has 0 N–H and O–H groups in total. The predicted molar refractivity (Wildman–Crippen MR) is 108 cm³/mol. The minimum Gasteiger partial charge on any atom is -0.251 e. The lowest BCUT2D eigenvalue weighted by Crippen LogP contribution is -2.47. The third kappa shape index (κ3) is 8.46. The Balaban J connectivity index is 0.000000748. The van der Waals surface area contributed by atoms with Crippen molar-refractivity contribution in [1.82, 2.24) is 0 Å². The summed E-state index contributed by atoms with van der Waals surface area (Å²) in [5.41, 5.74) is -18.4. The number of sulfone groups is 3. The van der Waals surface area contributed by atoms with Gasteiger partial charge in [-0.1, -0.05) is 19.8 Å². The highest BCUT2D eigenvalue weighted by atomic mass is 32.3. The highest BCUT2D eigenvalue weighted by Crippen LogP contribution is 2.47. The summed E-state index contributed by atoms with van der Waals surface area (Å²) in [5, 5.41) is 0. The Kier molecular flexibility index (Phi) is 11.3. The highest BCUT2D eigenvalue weighted by molar-refractivity contribution is 8.29. The fourth-order valence-corrected chi connectivity index (χ4v) is 8.30. The first-order chi connectivity index (χ1) is 15.8. The summed E-state index contributed by atoms with van der Waals surface area (Å²) in [6.45, 7) is 7.75. The number of nitrogens with zero attached hydrogens (tertiary/aromatic N) is 1. The molecule has 212 valence electrons. The maximum absolute atomic E-state index is 12.0. The van der Waals surface area contributed by atoms with Crippen LogP contribution in [0.2, 0.25) is 0 Å². The van der Waals surface area contributed by atoms with Crippen LogP contribution in [0.15, 0.2) is 18.5 Å². The van der Waals surface area contributed by atoms with Gasteiger partial charge in [0.2, 0.25) is 0 Å². The molecule has 0 bridgehead atoms. The summed E-state index contributed by atoms with van der Waals surface area (Å²) in [7, 11) is -24.1. The molecule has 7 nitrogen and oxygen atoms in total. The Morgan fingerprint density at radius 3 is 1.28 bits per heavy atom.